The lowest BCUT2D eigenvalue weighted by Gasteiger charge is -2.39. The van der Waals surface area contributed by atoms with Gasteiger partial charge in [0.2, 0.25) is 0 Å². The van der Waals surface area contributed by atoms with Crippen LogP contribution in [-0.2, 0) is 18.3 Å². The molecule has 0 N–H and O–H groups in total. The van der Waals surface area contributed by atoms with Gasteiger partial charge >= 0.3 is 6.09 Å². The number of anilines is 2. The van der Waals surface area contributed by atoms with Gasteiger partial charge in [0.25, 0.3) is 0 Å². The number of amides is 1. The Kier molecular flexibility index (Phi) is 7.73. The second-order valence-corrected chi connectivity index (χ2v) is 11.9. The smallest absolute Gasteiger partial charge is 0.410 e. The topological polar surface area (TPSA) is 138 Å². The van der Waals surface area contributed by atoms with E-state index in [2.05, 4.69) is 15.1 Å². The fourth-order valence-corrected chi connectivity index (χ4v) is 5.08. The molecule has 45 heavy (non-hydrogen) atoms. The highest BCUT2D eigenvalue weighted by Gasteiger charge is 2.35. The van der Waals surface area contributed by atoms with Crippen molar-refractivity contribution in [1.29, 1.82) is 0 Å². The molecule has 0 atom stereocenters. The molecule has 1 saturated heterocycles. The van der Waals surface area contributed by atoms with Crippen LogP contribution in [0.15, 0.2) is 49.2 Å². The zero-order valence-corrected chi connectivity index (χ0v) is 26.4. The Balaban J connectivity index is 1.33. The molecule has 1 aliphatic heterocycles. The van der Waals surface area contributed by atoms with E-state index in [1.807, 2.05) is 70.1 Å². The third-order valence-electron chi connectivity index (χ3n) is 7.47. The summed E-state index contributed by atoms with van der Waals surface area (Å²) in [4.78, 5) is 35.0. The van der Waals surface area contributed by atoms with Crippen LogP contribution in [0, 0.1) is 6.92 Å². The summed E-state index contributed by atoms with van der Waals surface area (Å²) in [7, 11) is 5.10. The molecule has 0 bridgehead atoms. The third-order valence-corrected chi connectivity index (χ3v) is 7.47. The first kappa shape index (κ1) is 29.8. The molecule has 5 heterocycles. The van der Waals surface area contributed by atoms with Crippen molar-refractivity contribution in [1.82, 2.24) is 44.4 Å². The summed E-state index contributed by atoms with van der Waals surface area (Å²) in [6.07, 6.45) is 6.72. The predicted molar refractivity (Wildman–Crippen MR) is 167 cm³/mol. The maximum absolute atomic E-state index is 12.4. The van der Waals surface area contributed by atoms with Crippen LogP contribution in [0.2, 0.25) is 0 Å². The molecule has 14 heteroatoms. The molecule has 1 fully saturated rings. The Morgan fingerprint density at radius 2 is 1.87 bits per heavy atom. The summed E-state index contributed by atoms with van der Waals surface area (Å²) < 4.78 is 20.3. The van der Waals surface area contributed by atoms with Gasteiger partial charge in [0.15, 0.2) is 11.5 Å². The Morgan fingerprint density at radius 1 is 1.07 bits per heavy atom. The number of benzene rings is 1. The molecule has 0 saturated carbocycles. The molecule has 0 aliphatic carbocycles. The van der Waals surface area contributed by atoms with E-state index >= 15 is 0 Å². The van der Waals surface area contributed by atoms with Crippen LogP contribution >= 0.6 is 0 Å². The van der Waals surface area contributed by atoms with Crippen molar-refractivity contribution in [3.63, 3.8) is 0 Å². The van der Waals surface area contributed by atoms with Gasteiger partial charge in [0.05, 0.1) is 50.6 Å². The predicted octanol–water partition coefficient (Wildman–Crippen LogP) is 4.47. The molecule has 5 aromatic rings. The van der Waals surface area contributed by atoms with Crippen molar-refractivity contribution < 1.29 is 19.0 Å². The molecule has 0 spiro atoms. The number of aryl methyl sites for hydroxylation is 1. The Bertz CT molecular complexity index is 1850. The number of pyridine rings is 1. The number of rotatable bonds is 8. The number of likely N-dealkylation sites (tertiary alicyclic amines) is 1. The van der Waals surface area contributed by atoms with Gasteiger partial charge in [-0.05, 0) is 39.8 Å². The highest BCUT2D eigenvalue weighted by atomic mass is 16.6. The van der Waals surface area contributed by atoms with Crippen LogP contribution in [0.25, 0.3) is 22.4 Å². The van der Waals surface area contributed by atoms with E-state index in [1.54, 1.807) is 47.2 Å². The van der Waals surface area contributed by atoms with Gasteiger partial charge in [-0.1, -0.05) is 0 Å². The Hall–Kier alpha value is -5.27. The van der Waals surface area contributed by atoms with Crippen LogP contribution in [0.5, 0.6) is 11.5 Å². The van der Waals surface area contributed by atoms with E-state index in [9.17, 15) is 4.79 Å². The van der Waals surface area contributed by atoms with Crippen molar-refractivity contribution in [3.8, 4) is 22.8 Å². The lowest BCUT2D eigenvalue weighted by atomic mass is 10.1. The van der Waals surface area contributed by atoms with Gasteiger partial charge < -0.3 is 24.0 Å². The van der Waals surface area contributed by atoms with E-state index in [0.29, 0.717) is 59.6 Å². The van der Waals surface area contributed by atoms with Crippen LogP contribution < -0.4 is 14.4 Å². The van der Waals surface area contributed by atoms with Crippen LogP contribution in [0.4, 0.5) is 16.3 Å². The second-order valence-electron chi connectivity index (χ2n) is 11.9. The zero-order valence-electron chi connectivity index (χ0n) is 26.4. The standard InChI is InChI=1S/C31H36N10O4/c1-19-25(10-22(43-6)11-26(19)44-7)40(17-27-33-18-41(37-27)21-15-39(16-21)30(42)45-31(2,3)4)28-9-8-23-29(36-28)35-24(13-32-23)20-12-34-38(5)14-20/h8-14,18,21H,15-17H2,1-7H3. The number of fused-ring (bicyclic) bond motifs is 1. The van der Waals surface area contributed by atoms with Gasteiger partial charge in [-0.2, -0.15) is 10.2 Å². The van der Waals surface area contributed by atoms with E-state index in [4.69, 9.17) is 29.3 Å². The first-order valence-corrected chi connectivity index (χ1v) is 14.5. The van der Waals surface area contributed by atoms with E-state index in [0.717, 1.165) is 16.8 Å². The number of methoxy groups -OCH3 is 2. The van der Waals surface area contributed by atoms with Crippen molar-refractivity contribution in [2.45, 2.75) is 45.9 Å². The molecule has 4 aromatic heterocycles. The van der Waals surface area contributed by atoms with Gasteiger partial charge in [-0.15, -0.1) is 0 Å². The molecule has 14 nitrogen and oxygen atoms in total. The summed E-state index contributed by atoms with van der Waals surface area (Å²) in [6, 6.07) is 7.57. The minimum absolute atomic E-state index is 0.00540. The summed E-state index contributed by atoms with van der Waals surface area (Å²) in [5.41, 5.74) is 3.82. The van der Waals surface area contributed by atoms with Crippen LogP contribution in [0.3, 0.4) is 0 Å². The second kappa shape index (κ2) is 11.7. The summed E-state index contributed by atoms with van der Waals surface area (Å²) in [6.45, 7) is 8.83. The van der Waals surface area contributed by atoms with Gasteiger partial charge in [0.1, 0.15) is 34.8 Å². The summed E-state index contributed by atoms with van der Waals surface area (Å²) in [5, 5.41) is 9.04. The van der Waals surface area contributed by atoms with E-state index in [1.165, 1.54) is 0 Å². The average Bonchev–Trinajstić information content (AvgIpc) is 3.63. The molecule has 0 radical (unpaired) electrons. The Morgan fingerprint density at radius 3 is 2.56 bits per heavy atom. The number of hydrogen-bond donors (Lipinski definition) is 0. The molecule has 1 aliphatic rings. The number of aromatic nitrogens is 8. The normalized spacial score (nSPS) is 13.5. The lowest BCUT2D eigenvalue weighted by molar-refractivity contribution is -0.000469. The number of carbonyl (C=O) groups is 1. The van der Waals surface area contributed by atoms with Crippen molar-refractivity contribution in [2.75, 3.05) is 32.2 Å². The summed E-state index contributed by atoms with van der Waals surface area (Å²) in [5.74, 6) is 2.50. The third kappa shape index (κ3) is 6.21. The summed E-state index contributed by atoms with van der Waals surface area (Å²) >= 11 is 0. The maximum atomic E-state index is 12.4. The average molecular weight is 613 g/mol. The van der Waals surface area contributed by atoms with Crippen LogP contribution in [-0.4, -0.2) is 83.4 Å². The largest absolute Gasteiger partial charge is 0.497 e. The molecule has 6 rings (SSSR count). The van der Waals surface area contributed by atoms with Crippen LogP contribution in [0.1, 0.15) is 38.2 Å². The fourth-order valence-electron chi connectivity index (χ4n) is 5.08. The van der Waals surface area contributed by atoms with E-state index < -0.39 is 5.60 Å². The molecule has 234 valence electrons. The van der Waals surface area contributed by atoms with Crippen molar-refractivity contribution in [2.24, 2.45) is 7.05 Å². The molecular formula is C31H36N10O4. The first-order chi connectivity index (χ1) is 21.5. The highest BCUT2D eigenvalue weighted by molar-refractivity contribution is 5.77. The zero-order chi connectivity index (χ0) is 31.9. The highest BCUT2D eigenvalue weighted by Crippen LogP contribution is 2.38. The van der Waals surface area contributed by atoms with Gasteiger partial charge in [-0.3, -0.25) is 9.67 Å². The fraction of sp³-hybridized carbons (Fsp3) is 0.387. The van der Waals surface area contributed by atoms with Gasteiger partial charge in [0, 0.05) is 49.6 Å². The minimum atomic E-state index is -0.546. The van der Waals surface area contributed by atoms with Gasteiger partial charge in [-0.25, -0.2) is 24.4 Å². The number of hydrogen-bond acceptors (Lipinski definition) is 11. The lowest BCUT2D eigenvalue weighted by Crippen LogP contribution is -2.52. The monoisotopic (exact) mass is 612 g/mol. The molecular weight excluding hydrogens is 576 g/mol. The van der Waals surface area contributed by atoms with Crippen molar-refractivity contribution >= 4 is 28.8 Å². The maximum Gasteiger partial charge on any atom is 0.410 e. The van der Waals surface area contributed by atoms with Crippen molar-refractivity contribution in [3.05, 3.63) is 60.6 Å². The SMILES string of the molecule is COc1cc(OC)c(C)c(N(Cc2ncn(C3CN(C(=O)OC(C)(C)C)C3)n2)c2ccc3ncc(-c4cnn(C)c4)nc3n2)c1. The number of carbonyl (C=O) groups excluding carboxylic acids is 1. The Labute approximate surface area is 260 Å². The molecule has 1 aromatic carbocycles. The number of ether oxygens (including phenoxy) is 3. The molecule has 1 amide bonds. The van der Waals surface area contributed by atoms with E-state index in [-0.39, 0.29) is 12.1 Å². The quantitative estimate of drug-likeness (QED) is 0.245. The number of nitrogens with zero attached hydrogens (tertiary/aromatic N) is 10. The molecule has 0 unspecified atom stereocenters. The minimum Gasteiger partial charge on any atom is -0.497 e. The first-order valence-electron chi connectivity index (χ1n) is 14.5.